The molecule has 0 aliphatic heterocycles. The van der Waals surface area contributed by atoms with Crippen molar-refractivity contribution in [1.29, 1.82) is 0 Å². The summed E-state index contributed by atoms with van der Waals surface area (Å²) >= 11 is 6.01. The second kappa shape index (κ2) is 7.44. The van der Waals surface area contributed by atoms with Gasteiger partial charge >= 0.3 is 5.97 Å². The Morgan fingerprint density at radius 1 is 1.14 bits per heavy atom. The number of carbonyl (C=O) groups is 1. The van der Waals surface area contributed by atoms with Gasteiger partial charge in [0, 0.05) is 10.9 Å². The Kier molecular flexibility index (Phi) is 4.84. The van der Waals surface area contributed by atoms with Crippen LogP contribution < -0.4 is 0 Å². The number of halogens is 2. The van der Waals surface area contributed by atoms with Gasteiger partial charge in [-0.2, -0.15) is 0 Å². The smallest absolute Gasteiger partial charge is 0.339 e. The van der Waals surface area contributed by atoms with Crippen LogP contribution in [-0.4, -0.2) is 11.0 Å². The average Bonchev–Trinajstić information content (AvgIpc) is 3.13. The molecule has 0 spiro atoms. The van der Waals surface area contributed by atoms with Crippen LogP contribution in [0.3, 0.4) is 0 Å². The van der Waals surface area contributed by atoms with E-state index in [1.807, 2.05) is 25.1 Å². The van der Waals surface area contributed by atoms with E-state index in [-0.39, 0.29) is 17.2 Å². The molecular weight excluding hydrogens is 381 g/mol. The summed E-state index contributed by atoms with van der Waals surface area (Å²) in [6.07, 6.45) is 0. The maximum Gasteiger partial charge on any atom is 0.339 e. The molecule has 0 unspecified atom stereocenters. The monoisotopic (exact) mass is 395 g/mol. The number of hydrogen-bond acceptors (Lipinski definition) is 4. The van der Waals surface area contributed by atoms with E-state index in [1.165, 1.54) is 12.1 Å². The molecule has 4 aromatic rings. The maximum absolute atomic E-state index is 13.9. The fraction of sp³-hybridized carbons (Fsp3) is 0.0909. The maximum atomic E-state index is 13.9. The molecule has 0 aliphatic carbocycles. The summed E-state index contributed by atoms with van der Waals surface area (Å²) in [7, 11) is 0. The van der Waals surface area contributed by atoms with Gasteiger partial charge in [0.25, 0.3) is 0 Å². The summed E-state index contributed by atoms with van der Waals surface area (Å²) in [5.41, 5.74) is 1.60. The zero-order chi connectivity index (χ0) is 19.7. The fourth-order valence-corrected chi connectivity index (χ4v) is 3.15. The normalized spacial score (nSPS) is 11.0. The summed E-state index contributed by atoms with van der Waals surface area (Å²) in [6.45, 7) is 1.56. The molecule has 140 valence electrons. The van der Waals surface area contributed by atoms with Crippen LogP contribution in [0, 0.1) is 12.7 Å². The second-order valence-electron chi connectivity index (χ2n) is 6.26. The summed E-state index contributed by atoms with van der Waals surface area (Å²) in [6, 6.07) is 16.8. The molecule has 0 aliphatic rings. The van der Waals surface area contributed by atoms with Crippen molar-refractivity contribution in [3.63, 3.8) is 0 Å². The van der Waals surface area contributed by atoms with Gasteiger partial charge in [0.1, 0.15) is 23.9 Å². The number of benzene rings is 2. The van der Waals surface area contributed by atoms with Crippen LogP contribution in [-0.2, 0) is 11.3 Å². The lowest BCUT2D eigenvalue weighted by atomic mass is 10.1. The molecule has 0 radical (unpaired) electrons. The van der Waals surface area contributed by atoms with Crippen LogP contribution in [0.5, 0.6) is 0 Å². The number of ether oxygens (including phenoxy) is 1. The van der Waals surface area contributed by atoms with Crippen molar-refractivity contribution in [1.82, 2.24) is 4.98 Å². The first kappa shape index (κ1) is 18.2. The highest BCUT2D eigenvalue weighted by molar-refractivity contribution is 6.31. The Morgan fingerprint density at radius 3 is 2.71 bits per heavy atom. The largest absolute Gasteiger partial charge is 0.460 e. The first-order valence-electron chi connectivity index (χ1n) is 8.59. The molecule has 4 rings (SSSR count). The number of esters is 1. The van der Waals surface area contributed by atoms with Gasteiger partial charge in [-0.3, -0.25) is 0 Å². The number of para-hydroxylation sites is 1. The molecule has 0 N–H and O–H groups in total. The van der Waals surface area contributed by atoms with E-state index < -0.39 is 11.8 Å². The zero-order valence-corrected chi connectivity index (χ0v) is 15.7. The van der Waals surface area contributed by atoms with Crippen molar-refractivity contribution in [2.75, 3.05) is 0 Å². The van der Waals surface area contributed by atoms with E-state index in [1.54, 1.807) is 30.3 Å². The topological polar surface area (TPSA) is 52.3 Å². The predicted octanol–water partition coefficient (Wildman–Crippen LogP) is 5.95. The van der Waals surface area contributed by atoms with Crippen LogP contribution in [0.4, 0.5) is 4.39 Å². The molecule has 0 fully saturated rings. The molecule has 2 aromatic heterocycles. The lowest BCUT2D eigenvalue weighted by Crippen LogP contribution is -2.08. The average molecular weight is 396 g/mol. The van der Waals surface area contributed by atoms with Crippen LogP contribution in [0.25, 0.3) is 22.4 Å². The van der Waals surface area contributed by atoms with Crippen molar-refractivity contribution >= 4 is 28.5 Å². The highest BCUT2D eigenvalue weighted by atomic mass is 35.5. The first-order chi connectivity index (χ1) is 13.5. The summed E-state index contributed by atoms with van der Waals surface area (Å²) in [5.74, 6) is 0.173. The Hall–Kier alpha value is -3.18. The molecule has 0 bridgehead atoms. The summed E-state index contributed by atoms with van der Waals surface area (Å²) in [5, 5.41) is 0.846. The standard InChI is InChI=1S/C22H15ClFNO3/c1-13-9-10-21(28-13)20-11-15(14-5-2-3-8-19(14)25-20)22(26)27-12-16-17(23)6-4-7-18(16)24/h2-11H,12H2,1H3. The quantitative estimate of drug-likeness (QED) is 0.400. The van der Waals surface area contributed by atoms with Crippen LogP contribution in [0.2, 0.25) is 5.02 Å². The molecule has 0 amide bonds. The minimum Gasteiger partial charge on any atom is -0.460 e. The van der Waals surface area contributed by atoms with E-state index >= 15 is 0 Å². The van der Waals surface area contributed by atoms with E-state index in [2.05, 4.69) is 4.98 Å². The lowest BCUT2D eigenvalue weighted by molar-refractivity contribution is 0.0471. The van der Waals surface area contributed by atoms with Crippen molar-refractivity contribution in [3.05, 3.63) is 88.4 Å². The van der Waals surface area contributed by atoms with Crippen molar-refractivity contribution in [2.24, 2.45) is 0 Å². The van der Waals surface area contributed by atoms with E-state index in [4.69, 9.17) is 20.8 Å². The number of aromatic nitrogens is 1. The highest BCUT2D eigenvalue weighted by Crippen LogP contribution is 2.27. The molecule has 2 aromatic carbocycles. The molecule has 28 heavy (non-hydrogen) atoms. The Bertz CT molecular complexity index is 1170. The van der Waals surface area contributed by atoms with Gasteiger partial charge in [-0.1, -0.05) is 35.9 Å². The Morgan fingerprint density at radius 2 is 1.96 bits per heavy atom. The summed E-state index contributed by atoms with van der Waals surface area (Å²) < 4.78 is 24.9. The van der Waals surface area contributed by atoms with Gasteiger partial charge in [0.05, 0.1) is 16.1 Å². The molecular formula is C22H15ClFNO3. The van der Waals surface area contributed by atoms with Gasteiger partial charge in [-0.05, 0) is 43.3 Å². The number of aryl methyl sites for hydroxylation is 1. The van der Waals surface area contributed by atoms with Gasteiger partial charge in [0.15, 0.2) is 5.76 Å². The van der Waals surface area contributed by atoms with Gasteiger partial charge in [0.2, 0.25) is 0 Å². The van der Waals surface area contributed by atoms with Gasteiger partial charge < -0.3 is 9.15 Å². The number of fused-ring (bicyclic) bond motifs is 1. The summed E-state index contributed by atoms with van der Waals surface area (Å²) in [4.78, 5) is 17.4. The van der Waals surface area contributed by atoms with E-state index in [0.717, 1.165) is 5.76 Å². The highest BCUT2D eigenvalue weighted by Gasteiger charge is 2.18. The third-order valence-corrected chi connectivity index (χ3v) is 4.69. The number of rotatable bonds is 4. The lowest BCUT2D eigenvalue weighted by Gasteiger charge is -2.10. The number of hydrogen-bond donors (Lipinski definition) is 0. The van der Waals surface area contributed by atoms with Crippen molar-refractivity contribution in [2.45, 2.75) is 13.5 Å². The second-order valence-corrected chi connectivity index (χ2v) is 6.67. The van der Waals surface area contributed by atoms with Crippen molar-refractivity contribution < 1.29 is 18.3 Å². The number of pyridine rings is 1. The number of furan rings is 1. The molecule has 6 heteroatoms. The van der Waals surface area contributed by atoms with Crippen LogP contribution in [0.15, 0.2) is 65.1 Å². The number of nitrogens with zero attached hydrogens (tertiary/aromatic N) is 1. The molecule has 4 nitrogen and oxygen atoms in total. The third-order valence-electron chi connectivity index (χ3n) is 4.34. The Labute approximate surface area is 165 Å². The SMILES string of the molecule is Cc1ccc(-c2cc(C(=O)OCc3c(F)cccc3Cl)c3ccccc3n2)o1. The molecule has 0 saturated heterocycles. The number of carbonyl (C=O) groups excluding carboxylic acids is 1. The molecule has 2 heterocycles. The van der Waals surface area contributed by atoms with Gasteiger partial charge in [-0.25, -0.2) is 14.2 Å². The molecule has 0 saturated carbocycles. The zero-order valence-electron chi connectivity index (χ0n) is 14.9. The van der Waals surface area contributed by atoms with E-state index in [0.29, 0.717) is 27.9 Å². The fourth-order valence-electron chi connectivity index (χ4n) is 2.93. The predicted molar refractivity (Wildman–Crippen MR) is 105 cm³/mol. The van der Waals surface area contributed by atoms with Crippen molar-refractivity contribution in [3.8, 4) is 11.5 Å². The molecule has 0 atom stereocenters. The third kappa shape index (κ3) is 3.49. The van der Waals surface area contributed by atoms with Crippen LogP contribution >= 0.6 is 11.6 Å². The minimum absolute atomic E-state index is 0.137. The minimum atomic E-state index is -0.595. The first-order valence-corrected chi connectivity index (χ1v) is 8.97. The Balaban J connectivity index is 1.71. The van der Waals surface area contributed by atoms with E-state index in [9.17, 15) is 9.18 Å². The van der Waals surface area contributed by atoms with Crippen LogP contribution in [0.1, 0.15) is 21.7 Å². The van der Waals surface area contributed by atoms with Gasteiger partial charge in [-0.15, -0.1) is 0 Å².